The van der Waals surface area contributed by atoms with E-state index in [9.17, 15) is 4.39 Å². The van der Waals surface area contributed by atoms with Gasteiger partial charge in [0.05, 0.1) is 6.10 Å². The number of ether oxygens (including phenoxy) is 1. The fraction of sp³-hybridized carbons (Fsp3) is 0.571. The van der Waals surface area contributed by atoms with Crippen LogP contribution < -0.4 is 5.32 Å². The van der Waals surface area contributed by atoms with Crippen molar-refractivity contribution in [3.8, 4) is 0 Å². The lowest BCUT2D eigenvalue weighted by Crippen LogP contribution is -2.42. The first-order chi connectivity index (χ1) is 8.54. The Bertz CT molecular complexity index is 426. The average Bonchev–Trinajstić information content (AvgIpc) is 2.53. The highest BCUT2D eigenvalue weighted by Gasteiger charge is 2.28. The summed E-state index contributed by atoms with van der Waals surface area (Å²) in [5.41, 5.74) is 0.965. The highest BCUT2D eigenvalue weighted by molar-refractivity contribution is 6.31. The highest BCUT2D eigenvalue weighted by Crippen LogP contribution is 2.29. The SMILES string of the molecule is CCC1(C)CCOC(c2ccc(F)cc2Cl)CN1. The predicted molar refractivity (Wildman–Crippen MR) is 71.4 cm³/mol. The Kier molecular flexibility index (Phi) is 4.25. The first-order valence-corrected chi connectivity index (χ1v) is 6.73. The fourth-order valence-corrected chi connectivity index (χ4v) is 2.47. The van der Waals surface area contributed by atoms with Crippen molar-refractivity contribution in [3.05, 3.63) is 34.6 Å². The molecule has 0 aromatic heterocycles. The Morgan fingerprint density at radius 2 is 2.33 bits per heavy atom. The van der Waals surface area contributed by atoms with Crippen LogP contribution in [-0.4, -0.2) is 18.7 Å². The van der Waals surface area contributed by atoms with Gasteiger partial charge < -0.3 is 10.1 Å². The van der Waals surface area contributed by atoms with Crippen molar-refractivity contribution in [2.45, 2.75) is 38.3 Å². The number of benzene rings is 1. The number of halogens is 2. The van der Waals surface area contributed by atoms with Crippen molar-refractivity contribution < 1.29 is 9.13 Å². The third kappa shape index (κ3) is 3.02. The third-order valence-corrected chi connectivity index (χ3v) is 4.10. The van der Waals surface area contributed by atoms with Crippen molar-refractivity contribution in [1.82, 2.24) is 5.32 Å². The minimum absolute atomic E-state index is 0.105. The Hall–Kier alpha value is -0.640. The Labute approximate surface area is 112 Å². The van der Waals surface area contributed by atoms with Gasteiger partial charge in [-0.3, -0.25) is 0 Å². The molecule has 0 spiro atoms. The van der Waals surface area contributed by atoms with E-state index in [0.29, 0.717) is 18.2 Å². The van der Waals surface area contributed by atoms with Gasteiger partial charge in [0.25, 0.3) is 0 Å². The summed E-state index contributed by atoms with van der Waals surface area (Å²) in [7, 11) is 0. The summed E-state index contributed by atoms with van der Waals surface area (Å²) in [6.07, 6.45) is 1.92. The average molecular weight is 272 g/mol. The molecular formula is C14H19ClFNO. The van der Waals surface area contributed by atoms with Gasteiger partial charge in [-0.15, -0.1) is 0 Å². The molecule has 0 radical (unpaired) electrons. The molecule has 0 amide bonds. The zero-order chi connectivity index (χ0) is 13.2. The molecule has 4 heteroatoms. The fourth-order valence-electron chi connectivity index (χ4n) is 2.18. The molecule has 18 heavy (non-hydrogen) atoms. The van der Waals surface area contributed by atoms with Gasteiger partial charge in [-0.1, -0.05) is 24.6 Å². The van der Waals surface area contributed by atoms with E-state index in [1.165, 1.54) is 12.1 Å². The molecule has 1 aliphatic heterocycles. The van der Waals surface area contributed by atoms with E-state index in [1.807, 2.05) is 0 Å². The summed E-state index contributed by atoms with van der Waals surface area (Å²) in [4.78, 5) is 0. The molecule has 1 saturated heterocycles. The van der Waals surface area contributed by atoms with E-state index in [1.54, 1.807) is 6.07 Å². The molecule has 1 heterocycles. The molecule has 100 valence electrons. The standard InChI is InChI=1S/C14H19ClFNO/c1-3-14(2)6-7-18-13(9-17-14)11-5-4-10(16)8-12(11)15/h4-5,8,13,17H,3,6-7,9H2,1-2H3. The van der Waals surface area contributed by atoms with E-state index in [2.05, 4.69) is 19.2 Å². The van der Waals surface area contributed by atoms with Crippen LogP contribution in [0.5, 0.6) is 0 Å². The minimum Gasteiger partial charge on any atom is -0.372 e. The van der Waals surface area contributed by atoms with Crippen LogP contribution in [0.3, 0.4) is 0 Å². The molecule has 2 atom stereocenters. The van der Waals surface area contributed by atoms with Crippen molar-refractivity contribution in [2.24, 2.45) is 0 Å². The van der Waals surface area contributed by atoms with Gasteiger partial charge in [-0.25, -0.2) is 4.39 Å². The van der Waals surface area contributed by atoms with Crippen LogP contribution in [0.2, 0.25) is 5.02 Å². The van der Waals surface area contributed by atoms with Crippen LogP contribution in [0.25, 0.3) is 0 Å². The van der Waals surface area contributed by atoms with Crippen molar-refractivity contribution in [3.63, 3.8) is 0 Å². The topological polar surface area (TPSA) is 21.3 Å². The van der Waals surface area contributed by atoms with E-state index in [4.69, 9.17) is 16.3 Å². The molecule has 1 aromatic carbocycles. The summed E-state index contributed by atoms with van der Waals surface area (Å²) in [5.74, 6) is -0.316. The smallest absolute Gasteiger partial charge is 0.124 e. The second kappa shape index (κ2) is 5.55. The molecule has 0 aliphatic carbocycles. The molecule has 1 fully saturated rings. The predicted octanol–water partition coefficient (Wildman–Crippen LogP) is 3.70. The van der Waals surface area contributed by atoms with Crippen LogP contribution in [0.15, 0.2) is 18.2 Å². The van der Waals surface area contributed by atoms with E-state index in [0.717, 1.165) is 18.4 Å². The number of rotatable bonds is 2. The zero-order valence-electron chi connectivity index (χ0n) is 10.8. The van der Waals surface area contributed by atoms with Crippen molar-refractivity contribution >= 4 is 11.6 Å². The van der Waals surface area contributed by atoms with E-state index in [-0.39, 0.29) is 17.5 Å². The maximum atomic E-state index is 13.0. The van der Waals surface area contributed by atoms with Gasteiger partial charge in [0.15, 0.2) is 0 Å². The van der Waals surface area contributed by atoms with Gasteiger partial charge in [0.1, 0.15) is 5.82 Å². The normalized spacial score (nSPS) is 29.0. The summed E-state index contributed by atoms with van der Waals surface area (Å²) < 4.78 is 18.9. The van der Waals surface area contributed by atoms with Gasteiger partial charge in [-0.2, -0.15) is 0 Å². The maximum Gasteiger partial charge on any atom is 0.124 e. The Morgan fingerprint density at radius 3 is 3.00 bits per heavy atom. The lowest BCUT2D eigenvalue weighted by Gasteiger charge is -2.27. The second-order valence-corrected chi connectivity index (χ2v) is 5.48. The van der Waals surface area contributed by atoms with Gasteiger partial charge in [-0.05, 0) is 31.9 Å². The molecular weight excluding hydrogens is 253 g/mol. The van der Waals surface area contributed by atoms with Crippen LogP contribution in [0.4, 0.5) is 4.39 Å². The molecule has 2 nitrogen and oxygen atoms in total. The van der Waals surface area contributed by atoms with Gasteiger partial charge in [0.2, 0.25) is 0 Å². The molecule has 0 bridgehead atoms. The Morgan fingerprint density at radius 1 is 1.56 bits per heavy atom. The van der Waals surface area contributed by atoms with Crippen molar-refractivity contribution in [2.75, 3.05) is 13.2 Å². The summed E-state index contributed by atoms with van der Waals surface area (Å²) in [6, 6.07) is 4.47. The van der Waals surface area contributed by atoms with Crippen molar-refractivity contribution in [1.29, 1.82) is 0 Å². The first kappa shape index (κ1) is 13.8. The number of hydrogen-bond acceptors (Lipinski definition) is 2. The third-order valence-electron chi connectivity index (χ3n) is 3.78. The first-order valence-electron chi connectivity index (χ1n) is 6.36. The second-order valence-electron chi connectivity index (χ2n) is 5.07. The van der Waals surface area contributed by atoms with Crippen LogP contribution in [-0.2, 0) is 4.74 Å². The summed E-state index contributed by atoms with van der Waals surface area (Å²) in [6.45, 7) is 5.76. The zero-order valence-corrected chi connectivity index (χ0v) is 11.6. The quantitative estimate of drug-likeness (QED) is 0.886. The van der Waals surface area contributed by atoms with Gasteiger partial charge >= 0.3 is 0 Å². The van der Waals surface area contributed by atoms with E-state index >= 15 is 0 Å². The van der Waals surface area contributed by atoms with E-state index < -0.39 is 0 Å². The minimum atomic E-state index is -0.316. The molecule has 0 saturated carbocycles. The molecule has 1 N–H and O–H groups in total. The number of nitrogens with one attached hydrogen (secondary N) is 1. The summed E-state index contributed by atoms with van der Waals surface area (Å²) >= 11 is 6.07. The maximum absolute atomic E-state index is 13.0. The van der Waals surface area contributed by atoms with Crippen LogP contribution >= 0.6 is 11.6 Å². The lowest BCUT2D eigenvalue weighted by molar-refractivity contribution is 0.0653. The molecule has 1 aromatic rings. The van der Waals surface area contributed by atoms with Gasteiger partial charge in [0, 0.05) is 29.3 Å². The van der Waals surface area contributed by atoms with Crippen LogP contribution in [0.1, 0.15) is 38.4 Å². The number of hydrogen-bond donors (Lipinski definition) is 1. The Balaban J connectivity index is 2.15. The monoisotopic (exact) mass is 271 g/mol. The summed E-state index contributed by atoms with van der Waals surface area (Å²) in [5, 5.41) is 3.95. The molecule has 1 aliphatic rings. The molecule has 2 unspecified atom stereocenters. The molecule has 2 rings (SSSR count). The highest BCUT2D eigenvalue weighted by atomic mass is 35.5. The van der Waals surface area contributed by atoms with Crippen LogP contribution in [0, 0.1) is 5.82 Å². The lowest BCUT2D eigenvalue weighted by atomic mass is 9.95. The largest absolute Gasteiger partial charge is 0.372 e.